The quantitative estimate of drug-likeness (QED) is 0.899. The van der Waals surface area contributed by atoms with Crippen LogP contribution in [0.25, 0.3) is 0 Å². The fourth-order valence-corrected chi connectivity index (χ4v) is 3.30. The average Bonchev–Trinajstić information content (AvgIpc) is 2.94. The lowest BCUT2D eigenvalue weighted by molar-refractivity contribution is 0.349. The molecule has 1 N–H and O–H groups in total. The van der Waals surface area contributed by atoms with Gasteiger partial charge < -0.3 is 10.1 Å². The number of hydrogen-bond donors (Lipinski definition) is 1. The van der Waals surface area contributed by atoms with E-state index in [2.05, 4.69) is 33.4 Å². The fraction of sp³-hybridized carbons (Fsp3) is 0.294. The van der Waals surface area contributed by atoms with Crippen LogP contribution >= 0.6 is 15.9 Å². The molecule has 110 valence electrons. The Bertz CT molecular complexity index is 642. The highest BCUT2D eigenvalue weighted by Crippen LogP contribution is 2.37. The third-order valence-corrected chi connectivity index (χ3v) is 4.31. The van der Waals surface area contributed by atoms with Crippen molar-refractivity contribution in [1.29, 1.82) is 0 Å². The van der Waals surface area contributed by atoms with Gasteiger partial charge in [-0.3, -0.25) is 0 Å². The maximum absolute atomic E-state index is 13.0. The van der Waals surface area contributed by atoms with E-state index in [9.17, 15) is 4.39 Å². The summed E-state index contributed by atoms with van der Waals surface area (Å²) >= 11 is 3.58. The number of ether oxygens (including phenoxy) is 1. The van der Waals surface area contributed by atoms with E-state index in [-0.39, 0.29) is 11.9 Å². The van der Waals surface area contributed by atoms with E-state index in [0.29, 0.717) is 0 Å². The Balaban J connectivity index is 1.91. The first kappa shape index (κ1) is 14.5. The zero-order valence-electron chi connectivity index (χ0n) is 11.8. The van der Waals surface area contributed by atoms with Crippen LogP contribution in [0.15, 0.2) is 40.9 Å². The normalized spacial score (nSPS) is 14.6. The first-order chi connectivity index (χ1) is 10.2. The van der Waals surface area contributed by atoms with Crippen molar-refractivity contribution in [3.05, 3.63) is 63.4 Å². The van der Waals surface area contributed by atoms with Crippen molar-refractivity contribution in [2.45, 2.75) is 18.9 Å². The molecule has 0 aromatic heterocycles. The van der Waals surface area contributed by atoms with Gasteiger partial charge >= 0.3 is 0 Å². The van der Waals surface area contributed by atoms with Crippen molar-refractivity contribution in [2.75, 3.05) is 13.7 Å². The Morgan fingerprint density at radius 1 is 1.29 bits per heavy atom. The zero-order valence-corrected chi connectivity index (χ0v) is 13.4. The van der Waals surface area contributed by atoms with Gasteiger partial charge in [-0.25, -0.2) is 4.39 Å². The summed E-state index contributed by atoms with van der Waals surface area (Å²) in [5.74, 6) is 0.797. The molecule has 1 unspecified atom stereocenters. The van der Waals surface area contributed by atoms with Crippen LogP contribution in [-0.4, -0.2) is 13.7 Å². The predicted molar refractivity (Wildman–Crippen MR) is 85.2 cm³/mol. The van der Waals surface area contributed by atoms with Gasteiger partial charge in [0.2, 0.25) is 0 Å². The maximum atomic E-state index is 13.0. The Labute approximate surface area is 132 Å². The van der Waals surface area contributed by atoms with Gasteiger partial charge in [-0.05, 0) is 48.9 Å². The standard InChI is InChI=1S/C17H17BrFNO/c1-20-16(8-11-2-4-14(19)5-3-11)15-10-13(18)9-12-6-7-21-17(12)15/h2-5,9-10,16,20H,6-8H2,1H3. The van der Waals surface area contributed by atoms with Gasteiger partial charge in [-0.15, -0.1) is 0 Å². The molecule has 0 amide bonds. The summed E-state index contributed by atoms with van der Waals surface area (Å²) in [5.41, 5.74) is 3.50. The molecule has 0 bridgehead atoms. The van der Waals surface area contributed by atoms with Crippen molar-refractivity contribution < 1.29 is 9.13 Å². The zero-order chi connectivity index (χ0) is 14.8. The molecule has 1 heterocycles. The second-order valence-corrected chi connectivity index (χ2v) is 6.17. The third kappa shape index (κ3) is 3.11. The second kappa shape index (κ2) is 6.16. The van der Waals surface area contributed by atoms with Crippen LogP contribution in [0, 0.1) is 5.82 Å². The highest BCUT2D eigenvalue weighted by atomic mass is 79.9. The second-order valence-electron chi connectivity index (χ2n) is 5.25. The van der Waals surface area contributed by atoms with Crippen molar-refractivity contribution in [3.8, 4) is 5.75 Å². The molecule has 4 heteroatoms. The lowest BCUT2D eigenvalue weighted by Crippen LogP contribution is -2.19. The van der Waals surface area contributed by atoms with Gasteiger partial charge in [-0.1, -0.05) is 28.1 Å². The molecule has 0 saturated heterocycles. The van der Waals surface area contributed by atoms with Gasteiger partial charge in [0.15, 0.2) is 0 Å². The van der Waals surface area contributed by atoms with Gasteiger partial charge in [-0.2, -0.15) is 0 Å². The molecule has 0 radical (unpaired) electrons. The number of hydrogen-bond acceptors (Lipinski definition) is 2. The van der Waals surface area contributed by atoms with E-state index in [4.69, 9.17) is 4.74 Å². The number of nitrogens with one attached hydrogen (secondary N) is 1. The number of likely N-dealkylation sites (N-methyl/N-ethyl adjacent to an activating group) is 1. The Morgan fingerprint density at radius 3 is 2.76 bits per heavy atom. The lowest BCUT2D eigenvalue weighted by atomic mass is 9.96. The van der Waals surface area contributed by atoms with Crippen molar-refractivity contribution in [2.24, 2.45) is 0 Å². The predicted octanol–water partition coefficient (Wildman–Crippen LogP) is 4.03. The SMILES string of the molecule is CNC(Cc1ccc(F)cc1)c1cc(Br)cc2c1OCC2. The number of rotatable bonds is 4. The van der Waals surface area contributed by atoms with E-state index in [1.807, 2.05) is 19.2 Å². The molecule has 0 aliphatic carbocycles. The molecule has 2 aromatic rings. The minimum Gasteiger partial charge on any atom is -0.493 e. The first-order valence-electron chi connectivity index (χ1n) is 7.04. The van der Waals surface area contributed by atoms with Crippen molar-refractivity contribution in [1.82, 2.24) is 5.32 Å². The Kier molecular flexibility index (Phi) is 4.27. The van der Waals surface area contributed by atoms with Crippen LogP contribution in [0.3, 0.4) is 0 Å². The summed E-state index contributed by atoms with van der Waals surface area (Å²) in [6, 6.07) is 11.0. The third-order valence-electron chi connectivity index (χ3n) is 3.85. The largest absolute Gasteiger partial charge is 0.493 e. The average molecular weight is 350 g/mol. The van der Waals surface area contributed by atoms with Crippen LogP contribution < -0.4 is 10.1 Å². The van der Waals surface area contributed by atoms with E-state index >= 15 is 0 Å². The Morgan fingerprint density at radius 2 is 2.05 bits per heavy atom. The monoisotopic (exact) mass is 349 g/mol. The molecule has 0 saturated carbocycles. The summed E-state index contributed by atoms with van der Waals surface area (Å²) in [6.45, 7) is 0.742. The summed E-state index contributed by atoms with van der Waals surface area (Å²) in [7, 11) is 1.94. The minimum atomic E-state index is -0.202. The Hall–Kier alpha value is -1.39. The van der Waals surface area contributed by atoms with Crippen LogP contribution in [0.5, 0.6) is 5.75 Å². The van der Waals surface area contributed by atoms with Crippen LogP contribution in [-0.2, 0) is 12.8 Å². The van der Waals surface area contributed by atoms with Gasteiger partial charge in [0.25, 0.3) is 0 Å². The summed E-state index contributed by atoms with van der Waals surface area (Å²) < 4.78 is 19.9. The molecule has 3 rings (SSSR count). The molecule has 2 aromatic carbocycles. The van der Waals surface area contributed by atoms with Crippen LogP contribution in [0.2, 0.25) is 0 Å². The molecule has 1 atom stereocenters. The molecule has 2 nitrogen and oxygen atoms in total. The van der Waals surface area contributed by atoms with E-state index in [1.54, 1.807) is 0 Å². The molecule has 1 aliphatic heterocycles. The first-order valence-corrected chi connectivity index (χ1v) is 7.83. The molecular formula is C17H17BrFNO. The minimum absolute atomic E-state index is 0.139. The van der Waals surface area contributed by atoms with Gasteiger partial charge in [0, 0.05) is 22.5 Å². The summed E-state index contributed by atoms with van der Waals surface area (Å²) in [4.78, 5) is 0. The lowest BCUT2D eigenvalue weighted by Gasteiger charge is -2.20. The molecule has 1 aliphatic rings. The fourth-order valence-electron chi connectivity index (χ4n) is 2.78. The van der Waals surface area contributed by atoms with Gasteiger partial charge in [0.1, 0.15) is 11.6 Å². The van der Waals surface area contributed by atoms with Crippen molar-refractivity contribution in [3.63, 3.8) is 0 Å². The highest BCUT2D eigenvalue weighted by Gasteiger charge is 2.22. The maximum Gasteiger partial charge on any atom is 0.127 e. The summed E-state index contributed by atoms with van der Waals surface area (Å²) in [5, 5.41) is 3.34. The molecular weight excluding hydrogens is 333 g/mol. The smallest absolute Gasteiger partial charge is 0.127 e. The molecule has 0 spiro atoms. The van der Waals surface area contributed by atoms with E-state index < -0.39 is 0 Å². The van der Waals surface area contributed by atoms with Gasteiger partial charge in [0.05, 0.1) is 6.61 Å². The van der Waals surface area contributed by atoms with E-state index in [1.165, 1.54) is 17.7 Å². The number of halogens is 2. The number of benzene rings is 2. The number of fused-ring (bicyclic) bond motifs is 1. The van der Waals surface area contributed by atoms with Crippen molar-refractivity contribution >= 4 is 15.9 Å². The van der Waals surface area contributed by atoms with Crippen LogP contribution in [0.4, 0.5) is 4.39 Å². The van der Waals surface area contributed by atoms with E-state index in [0.717, 1.165) is 40.8 Å². The molecule has 21 heavy (non-hydrogen) atoms. The topological polar surface area (TPSA) is 21.3 Å². The summed E-state index contributed by atoms with van der Waals surface area (Å²) in [6.07, 6.45) is 1.75. The molecule has 0 fully saturated rings. The van der Waals surface area contributed by atoms with Crippen LogP contribution in [0.1, 0.15) is 22.7 Å². The highest BCUT2D eigenvalue weighted by molar-refractivity contribution is 9.10.